The van der Waals surface area contributed by atoms with Gasteiger partial charge in [0.1, 0.15) is 6.07 Å². The van der Waals surface area contributed by atoms with Crippen molar-refractivity contribution in [3.63, 3.8) is 0 Å². The Hall–Kier alpha value is -2.33. The van der Waals surface area contributed by atoms with Gasteiger partial charge in [-0.1, -0.05) is 60.7 Å². The molecule has 2 aromatic rings. The van der Waals surface area contributed by atoms with Crippen LogP contribution in [0.2, 0.25) is 0 Å². The summed E-state index contributed by atoms with van der Waals surface area (Å²) in [6, 6.07) is 22.1. The highest BCUT2D eigenvalue weighted by atomic mass is 14.3. The molecule has 0 bridgehead atoms. The highest BCUT2D eigenvalue weighted by Gasteiger charge is 2.06. The number of hydrogen-bond donors (Lipinski definition) is 0. The molecule has 0 radical (unpaired) electrons. The average molecular weight is 219 g/mol. The van der Waals surface area contributed by atoms with Gasteiger partial charge >= 0.3 is 0 Å². The fourth-order valence-corrected chi connectivity index (χ4v) is 1.80. The molecule has 0 amide bonds. The molecule has 0 fully saturated rings. The zero-order chi connectivity index (χ0) is 12.1. The van der Waals surface area contributed by atoms with Gasteiger partial charge in [-0.25, -0.2) is 0 Å². The number of allylic oxidation sites excluding steroid dienone is 2. The van der Waals surface area contributed by atoms with Crippen LogP contribution in [0.4, 0.5) is 0 Å². The van der Waals surface area contributed by atoms with Crippen molar-refractivity contribution in [3.05, 3.63) is 71.8 Å². The molecule has 17 heavy (non-hydrogen) atoms. The van der Waals surface area contributed by atoms with E-state index >= 15 is 0 Å². The number of nitriles is 1. The van der Waals surface area contributed by atoms with Gasteiger partial charge in [-0.2, -0.15) is 5.26 Å². The lowest BCUT2D eigenvalue weighted by molar-refractivity contribution is 1.50. The van der Waals surface area contributed by atoms with Gasteiger partial charge in [0, 0.05) is 0 Å². The van der Waals surface area contributed by atoms with Crippen molar-refractivity contribution in [3.8, 4) is 6.07 Å². The van der Waals surface area contributed by atoms with E-state index in [0.717, 1.165) is 22.3 Å². The summed E-state index contributed by atoms with van der Waals surface area (Å²) >= 11 is 0. The van der Waals surface area contributed by atoms with E-state index in [1.807, 2.05) is 67.6 Å². The molecule has 0 spiro atoms. The second-order valence-electron chi connectivity index (χ2n) is 3.84. The Bertz CT molecular complexity index is 559. The lowest BCUT2D eigenvalue weighted by Crippen LogP contribution is -1.87. The Kier molecular flexibility index (Phi) is 3.37. The quantitative estimate of drug-likeness (QED) is 0.550. The van der Waals surface area contributed by atoms with Gasteiger partial charge < -0.3 is 0 Å². The van der Waals surface area contributed by atoms with Gasteiger partial charge in [0.25, 0.3) is 0 Å². The summed E-state index contributed by atoms with van der Waals surface area (Å²) in [5.74, 6) is 0. The van der Waals surface area contributed by atoms with Crippen LogP contribution in [0.1, 0.15) is 18.1 Å². The van der Waals surface area contributed by atoms with E-state index in [0.29, 0.717) is 0 Å². The van der Waals surface area contributed by atoms with E-state index in [4.69, 9.17) is 0 Å². The number of hydrogen-bond acceptors (Lipinski definition) is 1. The van der Waals surface area contributed by atoms with E-state index in [2.05, 4.69) is 6.07 Å². The van der Waals surface area contributed by atoms with Gasteiger partial charge in [-0.3, -0.25) is 0 Å². The van der Waals surface area contributed by atoms with Crippen molar-refractivity contribution in [1.29, 1.82) is 5.26 Å². The predicted molar refractivity (Wildman–Crippen MR) is 71.0 cm³/mol. The number of nitrogens with zero attached hydrogens (tertiary/aromatic N) is 1. The molecular weight excluding hydrogens is 206 g/mol. The Balaban J connectivity index is 2.53. The third-order valence-electron chi connectivity index (χ3n) is 2.76. The number of benzene rings is 2. The molecule has 0 atom stereocenters. The molecule has 0 aliphatic carbocycles. The summed E-state index contributed by atoms with van der Waals surface area (Å²) in [5, 5.41) is 9.30. The second-order valence-corrected chi connectivity index (χ2v) is 3.84. The van der Waals surface area contributed by atoms with Crippen LogP contribution in [0.3, 0.4) is 0 Å². The largest absolute Gasteiger partial charge is 0.192 e. The van der Waals surface area contributed by atoms with E-state index in [-0.39, 0.29) is 0 Å². The zero-order valence-corrected chi connectivity index (χ0v) is 9.72. The molecule has 0 N–H and O–H groups in total. The van der Waals surface area contributed by atoms with Crippen LogP contribution >= 0.6 is 0 Å². The summed E-state index contributed by atoms with van der Waals surface area (Å²) in [6.07, 6.45) is 0. The van der Waals surface area contributed by atoms with Crippen molar-refractivity contribution in [1.82, 2.24) is 0 Å². The fourth-order valence-electron chi connectivity index (χ4n) is 1.80. The molecule has 0 aromatic heterocycles. The molecule has 0 heterocycles. The Morgan fingerprint density at radius 1 is 0.824 bits per heavy atom. The van der Waals surface area contributed by atoms with Crippen LogP contribution in [-0.4, -0.2) is 0 Å². The molecule has 0 aliphatic rings. The summed E-state index contributed by atoms with van der Waals surface area (Å²) in [4.78, 5) is 0. The molecule has 2 rings (SSSR count). The molecule has 2 aromatic carbocycles. The lowest BCUT2D eigenvalue weighted by atomic mass is 9.97. The zero-order valence-electron chi connectivity index (χ0n) is 9.72. The van der Waals surface area contributed by atoms with Gasteiger partial charge in [-0.15, -0.1) is 0 Å². The van der Waals surface area contributed by atoms with Crippen LogP contribution in [0.15, 0.2) is 60.7 Å². The molecular formula is C16H13N. The van der Waals surface area contributed by atoms with Crippen molar-refractivity contribution in [2.24, 2.45) is 0 Å². The van der Waals surface area contributed by atoms with Crippen LogP contribution in [0.5, 0.6) is 0 Å². The Labute approximate surface area is 102 Å². The maximum absolute atomic E-state index is 9.30. The van der Waals surface area contributed by atoms with Crippen LogP contribution in [0, 0.1) is 11.3 Å². The molecule has 0 saturated carbocycles. The molecule has 0 unspecified atom stereocenters. The third kappa shape index (κ3) is 2.43. The average Bonchev–Trinajstić information content (AvgIpc) is 2.42. The van der Waals surface area contributed by atoms with Gasteiger partial charge in [0.2, 0.25) is 0 Å². The normalized spacial score (nSPS) is 11.5. The first kappa shape index (κ1) is 11.2. The van der Waals surface area contributed by atoms with Gasteiger partial charge in [0.15, 0.2) is 0 Å². The van der Waals surface area contributed by atoms with Gasteiger partial charge in [-0.05, 0) is 23.6 Å². The van der Waals surface area contributed by atoms with E-state index in [1.54, 1.807) is 0 Å². The molecule has 1 nitrogen and oxygen atoms in total. The maximum Gasteiger partial charge on any atom is 0.100 e. The lowest BCUT2D eigenvalue weighted by Gasteiger charge is -2.06. The van der Waals surface area contributed by atoms with Crippen molar-refractivity contribution in [2.45, 2.75) is 6.92 Å². The third-order valence-corrected chi connectivity index (χ3v) is 2.76. The minimum Gasteiger partial charge on any atom is -0.192 e. The molecule has 1 heteroatoms. The standard InChI is InChI=1S/C16H13N/c1-13(14-8-4-2-5-9-14)16(12-17)15-10-6-3-7-11-15/h2-11H,1H3. The summed E-state index contributed by atoms with van der Waals surface area (Å²) in [6.45, 7) is 1.99. The minimum absolute atomic E-state index is 0.733. The first-order chi connectivity index (χ1) is 8.33. The predicted octanol–water partition coefficient (Wildman–Crippen LogP) is 4.14. The van der Waals surface area contributed by atoms with E-state index in [1.165, 1.54) is 0 Å². The molecule has 0 saturated heterocycles. The van der Waals surface area contributed by atoms with Crippen LogP contribution in [0.25, 0.3) is 11.1 Å². The fraction of sp³-hybridized carbons (Fsp3) is 0.0625. The summed E-state index contributed by atoms with van der Waals surface area (Å²) in [5.41, 5.74) is 3.81. The molecule has 82 valence electrons. The minimum atomic E-state index is 0.733. The van der Waals surface area contributed by atoms with Crippen molar-refractivity contribution >= 4 is 11.1 Å². The highest BCUT2D eigenvalue weighted by Crippen LogP contribution is 2.24. The number of rotatable bonds is 2. The smallest absolute Gasteiger partial charge is 0.100 e. The van der Waals surface area contributed by atoms with Crippen LogP contribution in [-0.2, 0) is 0 Å². The monoisotopic (exact) mass is 219 g/mol. The van der Waals surface area contributed by atoms with Crippen molar-refractivity contribution in [2.75, 3.05) is 0 Å². The van der Waals surface area contributed by atoms with Gasteiger partial charge in [0.05, 0.1) is 5.57 Å². The SMILES string of the molecule is CC(=C(C#N)c1ccccc1)c1ccccc1. The highest BCUT2D eigenvalue weighted by molar-refractivity contribution is 5.96. The Morgan fingerprint density at radius 3 is 1.76 bits per heavy atom. The Morgan fingerprint density at radius 2 is 1.29 bits per heavy atom. The van der Waals surface area contributed by atoms with Crippen LogP contribution < -0.4 is 0 Å². The summed E-state index contributed by atoms with van der Waals surface area (Å²) in [7, 11) is 0. The maximum atomic E-state index is 9.30. The summed E-state index contributed by atoms with van der Waals surface area (Å²) < 4.78 is 0. The van der Waals surface area contributed by atoms with E-state index in [9.17, 15) is 5.26 Å². The van der Waals surface area contributed by atoms with E-state index < -0.39 is 0 Å². The van der Waals surface area contributed by atoms with Crippen molar-refractivity contribution < 1.29 is 0 Å². The topological polar surface area (TPSA) is 23.8 Å². The first-order valence-electron chi connectivity index (χ1n) is 5.54. The second kappa shape index (κ2) is 5.14. The first-order valence-corrected chi connectivity index (χ1v) is 5.54. The molecule has 0 aliphatic heterocycles.